The molecule has 0 spiro atoms. The maximum Gasteiger partial charge on any atom is 0.334 e. The Bertz CT molecular complexity index is 262. The molecule has 0 aromatic rings. The molecule has 0 aromatic carbocycles. The van der Waals surface area contributed by atoms with E-state index in [0.717, 1.165) is 19.1 Å². The second kappa shape index (κ2) is 18.8. The molecule has 6 heteroatoms. The van der Waals surface area contributed by atoms with Crippen molar-refractivity contribution in [2.45, 2.75) is 70.4 Å². The SMILES string of the molecule is COCCOCCOCCCCCCCCCCC[Si](C)(OC)OC. The summed E-state index contributed by atoms with van der Waals surface area (Å²) in [6, 6.07) is 1.11. The molecule has 0 aliphatic rings. The van der Waals surface area contributed by atoms with E-state index in [-0.39, 0.29) is 0 Å². The van der Waals surface area contributed by atoms with Crippen molar-refractivity contribution in [3.63, 3.8) is 0 Å². The summed E-state index contributed by atoms with van der Waals surface area (Å²) < 4.78 is 26.8. The summed E-state index contributed by atoms with van der Waals surface area (Å²) in [5, 5.41) is 0. The molecule has 0 unspecified atom stereocenters. The Hall–Kier alpha value is 0.0169. The van der Waals surface area contributed by atoms with E-state index in [1.807, 2.05) is 0 Å². The Morgan fingerprint density at radius 3 is 1.48 bits per heavy atom. The van der Waals surface area contributed by atoms with Crippen molar-refractivity contribution < 1.29 is 23.1 Å². The van der Waals surface area contributed by atoms with Crippen molar-refractivity contribution in [1.82, 2.24) is 0 Å². The summed E-state index contributed by atoms with van der Waals surface area (Å²) in [5.41, 5.74) is 0. The van der Waals surface area contributed by atoms with Crippen LogP contribution in [0.5, 0.6) is 0 Å². The molecule has 25 heavy (non-hydrogen) atoms. The van der Waals surface area contributed by atoms with Crippen LogP contribution in [0.25, 0.3) is 0 Å². The molecule has 152 valence electrons. The molecule has 0 aromatic heterocycles. The van der Waals surface area contributed by atoms with Gasteiger partial charge in [0.15, 0.2) is 0 Å². The standard InChI is InChI=1S/C19H42O5Si/c1-20-15-16-24-18-17-23-14-12-10-8-6-5-7-9-11-13-19-25(4,21-2)22-3/h5-19H2,1-4H3. The Balaban J connectivity index is 3.12. The third-order valence-electron chi connectivity index (χ3n) is 4.59. The van der Waals surface area contributed by atoms with Crippen LogP contribution in [0.4, 0.5) is 0 Å². The molecule has 0 aliphatic heterocycles. The minimum absolute atomic E-state index is 0.653. The quantitative estimate of drug-likeness (QED) is 0.230. The number of hydrogen-bond acceptors (Lipinski definition) is 5. The van der Waals surface area contributed by atoms with Gasteiger partial charge in [-0.3, -0.25) is 0 Å². The first kappa shape index (κ1) is 25.0. The van der Waals surface area contributed by atoms with Crippen LogP contribution in [0.2, 0.25) is 12.6 Å². The fourth-order valence-electron chi connectivity index (χ4n) is 2.64. The highest BCUT2D eigenvalue weighted by molar-refractivity contribution is 6.65. The van der Waals surface area contributed by atoms with E-state index in [1.165, 1.54) is 51.4 Å². The zero-order chi connectivity index (χ0) is 18.6. The van der Waals surface area contributed by atoms with E-state index in [2.05, 4.69) is 6.55 Å². The maximum absolute atomic E-state index is 5.55. The third-order valence-corrected chi connectivity index (χ3v) is 7.58. The van der Waals surface area contributed by atoms with Crippen LogP contribution in [0.3, 0.4) is 0 Å². The summed E-state index contributed by atoms with van der Waals surface area (Å²) in [6.45, 7) is 5.67. The smallest absolute Gasteiger partial charge is 0.334 e. The molecule has 0 rings (SSSR count). The van der Waals surface area contributed by atoms with E-state index in [0.29, 0.717) is 26.4 Å². The van der Waals surface area contributed by atoms with E-state index < -0.39 is 8.56 Å². The van der Waals surface area contributed by atoms with Gasteiger partial charge in [-0.25, -0.2) is 0 Å². The fraction of sp³-hybridized carbons (Fsp3) is 1.00. The molecule has 0 atom stereocenters. The molecule has 0 saturated heterocycles. The van der Waals surface area contributed by atoms with Crippen LogP contribution < -0.4 is 0 Å². The van der Waals surface area contributed by atoms with Gasteiger partial charge < -0.3 is 23.1 Å². The molecule has 0 bridgehead atoms. The predicted octanol–water partition coefficient (Wildman–Crippen LogP) is 4.54. The zero-order valence-electron chi connectivity index (χ0n) is 17.1. The lowest BCUT2D eigenvalue weighted by Gasteiger charge is -2.22. The van der Waals surface area contributed by atoms with Crippen molar-refractivity contribution in [2.24, 2.45) is 0 Å². The molecular weight excluding hydrogens is 336 g/mol. The number of rotatable bonds is 20. The van der Waals surface area contributed by atoms with E-state index in [9.17, 15) is 0 Å². The highest BCUT2D eigenvalue weighted by atomic mass is 28.4. The van der Waals surface area contributed by atoms with Gasteiger partial charge in [-0.05, 0) is 19.0 Å². The van der Waals surface area contributed by atoms with Gasteiger partial charge in [0.1, 0.15) is 0 Å². The van der Waals surface area contributed by atoms with Crippen molar-refractivity contribution in [2.75, 3.05) is 54.4 Å². The lowest BCUT2D eigenvalue weighted by molar-refractivity contribution is 0.0239. The minimum atomic E-state index is -1.83. The molecule has 0 N–H and O–H groups in total. The van der Waals surface area contributed by atoms with Gasteiger partial charge >= 0.3 is 8.56 Å². The van der Waals surface area contributed by atoms with Crippen LogP contribution in [0.1, 0.15) is 57.8 Å². The average molecular weight is 379 g/mol. The summed E-state index contributed by atoms with van der Waals surface area (Å²) in [7, 11) is 3.40. The second-order valence-corrected chi connectivity index (χ2v) is 10.3. The van der Waals surface area contributed by atoms with Gasteiger partial charge in [0.25, 0.3) is 0 Å². The van der Waals surface area contributed by atoms with Crippen molar-refractivity contribution in [1.29, 1.82) is 0 Å². The maximum atomic E-state index is 5.55. The molecule has 0 amide bonds. The highest BCUT2D eigenvalue weighted by Gasteiger charge is 2.27. The molecule has 0 radical (unpaired) electrons. The van der Waals surface area contributed by atoms with Crippen LogP contribution in [0, 0.1) is 0 Å². The van der Waals surface area contributed by atoms with Crippen LogP contribution in [0.15, 0.2) is 0 Å². The van der Waals surface area contributed by atoms with Gasteiger partial charge in [-0.1, -0.05) is 51.4 Å². The normalized spacial score (nSPS) is 12.0. The first-order valence-electron chi connectivity index (χ1n) is 9.93. The molecule has 0 fully saturated rings. The van der Waals surface area contributed by atoms with Gasteiger partial charge in [-0.15, -0.1) is 0 Å². The van der Waals surface area contributed by atoms with Crippen molar-refractivity contribution in [3.8, 4) is 0 Å². The largest absolute Gasteiger partial charge is 0.398 e. The Morgan fingerprint density at radius 1 is 0.520 bits per heavy atom. The lowest BCUT2D eigenvalue weighted by atomic mass is 10.1. The number of hydrogen-bond donors (Lipinski definition) is 0. The van der Waals surface area contributed by atoms with E-state index in [1.54, 1.807) is 21.3 Å². The number of ether oxygens (including phenoxy) is 3. The monoisotopic (exact) mass is 378 g/mol. The van der Waals surface area contributed by atoms with Gasteiger partial charge in [0.05, 0.1) is 26.4 Å². The Labute approximate surface area is 157 Å². The molecule has 0 heterocycles. The minimum Gasteiger partial charge on any atom is -0.398 e. The third kappa shape index (κ3) is 17.2. The van der Waals surface area contributed by atoms with E-state index in [4.69, 9.17) is 23.1 Å². The van der Waals surface area contributed by atoms with Gasteiger partial charge in [-0.2, -0.15) is 0 Å². The topological polar surface area (TPSA) is 46.2 Å². The molecule has 0 saturated carbocycles. The second-order valence-electron chi connectivity index (χ2n) is 6.69. The van der Waals surface area contributed by atoms with Crippen LogP contribution >= 0.6 is 0 Å². The zero-order valence-corrected chi connectivity index (χ0v) is 18.1. The first-order valence-corrected chi connectivity index (χ1v) is 12.5. The highest BCUT2D eigenvalue weighted by Crippen LogP contribution is 2.17. The predicted molar refractivity (Wildman–Crippen MR) is 106 cm³/mol. The summed E-state index contributed by atoms with van der Waals surface area (Å²) >= 11 is 0. The summed E-state index contributed by atoms with van der Waals surface area (Å²) in [6.07, 6.45) is 11.7. The number of methoxy groups -OCH3 is 1. The molecule has 5 nitrogen and oxygen atoms in total. The Morgan fingerprint density at radius 2 is 0.960 bits per heavy atom. The van der Waals surface area contributed by atoms with Gasteiger partial charge in [0, 0.05) is 27.9 Å². The number of unbranched alkanes of at least 4 members (excludes halogenated alkanes) is 8. The molecular formula is C19H42O5Si. The Kier molecular flexibility index (Phi) is 18.8. The van der Waals surface area contributed by atoms with Crippen LogP contribution in [-0.2, 0) is 23.1 Å². The lowest BCUT2D eigenvalue weighted by Crippen LogP contribution is -2.35. The van der Waals surface area contributed by atoms with Crippen LogP contribution in [-0.4, -0.2) is 62.9 Å². The summed E-state index contributed by atoms with van der Waals surface area (Å²) in [5.74, 6) is 0. The summed E-state index contributed by atoms with van der Waals surface area (Å²) in [4.78, 5) is 0. The van der Waals surface area contributed by atoms with E-state index >= 15 is 0 Å². The fourth-order valence-corrected chi connectivity index (χ4v) is 4.11. The van der Waals surface area contributed by atoms with Crippen molar-refractivity contribution in [3.05, 3.63) is 0 Å². The first-order chi connectivity index (χ1) is 12.2. The molecule has 0 aliphatic carbocycles. The van der Waals surface area contributed by atoms with Crippen molar-refractivity contribution >= 4 is 8.56 Å². The van der Waals surface area contributed by atoms with Gasteiger partial charge in [0.2, 0.25) is 0 Å². The average Bonchev–Trinajstić information content (AvgIpc) is 2.64.